The Balaban J connectivity index is 1.38. The molecule has 7 atom stereocenters. The van der Waals surface area contributed by atoms with Crippen molar-refractivity contribution >= 4 is 40.4 Å². The first-order valence-electron chi connectivity index (χ1n) is 17.2. The number of benzene rings is 1. The summed E-state index contributed by atoms with van der Waals surface area (Å²) in [5, 5.41) is 13.7. The number of esters is 1. The molecule has 5 aliphatic rings. The number of aliphatic hydroxyl groups excluding tert-OH is 1. The van der Waals surface area contributed by atoms with Crippen LogP contribution in [0.15, 0.2) is 24.3 Å². The number of aliphatic hydroxyl groups is 1. The number of hydrogen-bond donors (Lipinski definition) is 2. The van der Waals surface area contributed by atoms with Crippen LogP contribution in [0.2, 0.25) is 0 Å². The van der Waals surface area contributed by atoms with E-state index in [0.29, 0.717) is 19.4 Å². The van der Waals surface area contributed by atoms with Gasteiger partial charge < -0.3 is 29.5 Å². The van der Waals surface area contributed by atoms with Crippen molar-refractivity contribution < 1.29 is 38.5 Å². The minimum Gasteiger partial charge on any atom is -0.458 e. The van der Waals surface area contributed by atoms with Crippen LogP contribution in [0.1, 0.15) is 90.0 Å². The lowest BCUT2D eigenvalue weighted by atomic mass is 9.62. The fraction of sp³-hybridized carbons (Fsp3) is 0.735. The van der Waals surface area contributed by atoms with Gasteiger partial charge >= 0.3 is 5.97 Å². The van der Waals surface area contributed by atoms with Crippen LogP contribution in [0.5, 0.6) is 0 Å². The SMILES string of the molecule is CCCCCC1(CCCCC)O[C@@H]2[C@H](O1)[C@H]1ON(Cc3cccc(I)c3)[C@@H]3C(=O)O[C@@H]2C[C@]13C(=O)N1CCC[C@@H]1C(=O)NCCO. The monoisotopic (exact) mass is 753 g/mol. The highest BCUT2D eigenvalue weighted by Crippen LogP contribution is 2.59. The van der Waals surface area contributed by atoms with Gasteiger partial charge in [-0.3, -0.25) is 19.2 Å². The molecule has 2 bridgehead atoms. The standard InChI is InChI=1S/C34H48IN3O8/c1-3-5-7-14-33(15-8-6-4-2)44-26-25-20-34(32(42)37-17-10-13-24(37)30(40)36-16-18-39)28(31(41)43-25)38(46-29(34)27(26)45-33)21-22-11-9-12-23(35)19-22/h9,11-12,19,24-29,39H,3-8,10,13-18,20-21H2,1-2H3,(H,36,40)/t24-,25-,26+,27+,28-,29-,34-/m1/s1. The molecule has 1 aliphatic carbocycles. The van der Waals surface area contributed by atoms with E-state index >= 15 is 4.79 Å². The first kappa shape index (κ1) is 34.0. The lowest BCUT2D eigenvalue weighted by Crippen LogP contribution is -2.70. The molecule has 2 N–H and O–H groups in total. The van der Waals surface area contributed by atoms with Crippen LogP contribution in [0.4, 0.5) is 0 Å². The minimum absolute atomic E-state index is 0.113. The van der Waals surface area contributed by atoms with Crippen LogP contribution in [0.3, 0.4) is 0 Å². The van der Waals surface area contributed by atoms with Gasteiger partial charge in [-0.15, -0.1) is 0 Å². The second kappa shape index (κ2) is 14.3. The fourth-order valence-corrected chi connectivity index (χ4v) is 8.95. The molecule has 4 saturated heterocycles. The number of nitrogens with zero attached hydrogens (tertiary/aromatic N) is 2. The van der Waals surface area contributed by atoms with Crippen molar-refractivity contribution in [3.05, 3.63) is 33.4 Å². The topological polar surface area (TPSA) is 127 Å². The van der Waals surface area contributed by atoms with E-state index in [0.717, 1.165) is 60.5 Å². The number of rotatable bonds is 14. The number of halogens is 1. The molecule has 1 saturated carbocycles. The smallest absolute Gasteiger partial charge is 0.327 e. The van der Waals surface area contributed by atoms with Gasteiger partial charge in [0.25, 0.3) is 0 Å². The molecular formula is C34H48IN3O8. The van der Waals surface area contributed by atoms with Gasteiger partial charge in [0.2, 0.25) is 11.8 Å². The number of amides is 2. The van der Waals surface area contributed by atoms with Crippen molar-refractivity contribution in [2.75, 3.05) is 19.7 Å². The van der Waals surface area contributed by atoms with Gasteiger partial charge in [-0.05, 0) is 66.0 Å². The zero-order valence-electron chi connectivity index (χ0n) is 27.0. The minimum atomic E-state index is -1.31. The lowest BCUT2D eigenvalue weighted by molar-refractivity contribution is -0.225. The molecule has 6 rings (SSSR count). The molecule has 11 nitrogen and oxygen atoms in total. The van der Waals surface area contributed by atoms with Crippen molar-refractivity contribution in [1.29, 1.82) is 0 Å². The Labute approximate surface area is 285 Å². The van der Waals surface area contributed by atoms with E-state index in [2.05, 4.69) is 41.8 Å². The summed E-state index contributed by atoms with van der Waals surface area (Å²) in [5.41, 5.74) is -0.367. The summed E-state index contributed by atoms with van der Waals surface area (Å²) in [6, 6.07) is 6.28. The van der Waals surface area contributed by atoms with Gasteiger partial charge in [0, 0.05) is 35.9 Å². The van der Waals surface area contributed by atoms with Gasteiger partial charge in [0.15, 0.2) is 11.8 Å². The summed E-state index contributed by atoms with van der Waals surface area (Å²) < 4.78 is 21.0. The second-order valence-electron chi connectivity index (χ2n) is 13.5. The summed E-state index contributed by atoms with van der Waals surface area (Å²) in [7, 11) is 0. The highest BCUT2D eigenvalue weighted by Gasteiger charge is 2.77. The number of nitrogens with one attached hydrogen (secondary N) is 1. The third-order valence-electron chi connectivity index (χ3n) is 10.4. The van der Waals surface area contributed by atoms with Crippen LogP contribution >= 0.6 is 22.6 Å². The van der Waals surface area contributed by atoms with Gasteiger partial charge in [0.1, 0.15) is 35.9 Å². The lowest BCUT2D eigenvalue weighted by Gasteiger charge is -2.50. The molecule has 0 radical (unpaired) electrons. The first-order valence-corrected chi connectivity index (χ1v) is 18.3. The van der Waals surface area contributed by atoms with Crippen molar-refractivity contribution in [2.45, 2.75) is 133 Å². The summed E-state index contributed by atoms with van der Waals surface area (Å²) >= 11 is 2.26. The van der Waals surface area contributed by atoms with E-state index in [1.54, 1.807) is 9.96 Å². The zero-order valence-corrected chi connectivity index (χ0v) is 29.1. The Kier molecular flexibility index (Phi) is 10.6. The van der Waals surface area contributed by atoms with Crippen LogP contribution in [0, 0.1) is 8.99 Å². The van der Waals surface area contributed by atoms with E-state index in [1.165, 1.54) is 0 Å². The number of hydroxylamine groups is 2. The van der Waals surface area contributed by atoms with Crippen LogP contribution in [-0.4, -0.2) is 94.8 Å². The van der Waals surface area contributed by atoms with Crippen LogP contribution < -0.4 is 5.32 Å². The molecule has 12 heteroatoms. The molecule has 4 aliphatic heterocycles. The summed E-state index contributed by atoms with van der Waals surface area (Å²) in [5.74, 6) is -1.91. The fourth-order valence-electron chi connectivity index (χ4n) is 8.34. The average molecular weight is 754 g/mol. The number of likely N-dealkylation sites (tertiary alicyclic amines) is 1. The molecule has 5 fully saturated rings. The number of fused-ring (bicyclic) bond motifs is 4. The molecule has 254 valence electrons. The van der Waals surface area contributed by atoms with E-state index in [1.807, 2.05) is 24.3 Å². The Morgan fingerprint density at radius 2 is 1.83 bits per heavy atom. The van der Waals surface area contributed by atoms with E-state index < -0.39 is 53.7 Å². The molecule has 4 heterocycles. The zero-order chi connectivity index (χ0) is 32.5. The highest BCUT2D eigenvalue weighted by atomic mass is 127. The molecule has 0 aromatic heterocycles. The summed E-state index contributed by atoms with van der Waals surface area (Å²) in [4.78, 5) is 50.7. The van der Waals surface area contributed by atoms with Crippen LogP contribution in [-0.2, 0) is 40.0 Å². The quantitative estimate of drug-likeness (QED) is 0.166. The maximum absolute atomic E-state index is 15.0. The molecule has 2 amide bonds. The van der Waals surface area contributed by atoms with Gasteiger partial charge in [-0.2, -0.15) is 5.06 Å². The second-order valence-corrected chi connectivity index (χ2v) is 14.8. The van der Waals surface area contributed by atoms with Crippen molar-refractivity contribution in [3.63, 3.8) is 0 Å². The Hall–Kier alpha value is -1.84. The number of carbonyl (C=O) groups is 3. The number of ether oxygens (including phenoxy) is 3. The Morgan fingerprint density at radius 1 is 1.09 bits per heavy atom. The predicted octanol–water partition coefficient (Wildman–Crippen LogP) is 3.83. The van der Waals surface area contributed by atoms with Crippen molar-refractivity contribution in [3.8, 4) is 0 Å². The third kappa shape index (κ3) is 6.22. The highest BCUT2D eigenvalue weighted by molar-refractivity contribution is 14.1. The average Bonchev–Trinajstić information content (AvgIpc) is 3.76. The molecule has 1 aromatic rings. The molecule has 0 spiro atoms. The Bertz CT molecular complexity index is 1270. The van der Waals surface area contributed by atoms with Gasteiger partial charge in [-0.1, -0.05) is 51.7 Å². The molecular weight excluding hydrogens is 705 g/mol. The Morgan fingerprint density at radius 3 is 2.52 bits per heavy atom. The van der Waals surface area contributed by atoms with Gasteiger partial charge in [0.05, 0.1) is 13.2 Å². The van der Waals surface area contributed by atoms with Crippen molar-refractivity contribution in [2.24, 2.45) is 5.41 Å². The van der Waals surface area contributed by atoms with E-state index in [4.69, 9.17) is 19.0 Å². The first-order chi connectivity index (χ1) is 22.3. The molecule has 46 heavy (non-hydrogen) atoms. The van der Waals surface area contributed by atoms with Gasteiger partial charge in [-0.25, -0.2) is 0 Å². The number of unbranched alkanes of at least 4 members (excludes halogenated alkanes) is 4. The largest absolute Gasteiger partial charge is 0.458 e. The predicted molar refractivity (Wildman–Crippen MR) is 176 cm³/mol. The maximum atomic E-state index is 15.0. The third-order valence-corrected chi connectivity index (χ3v) is 11.1. The molecule has 0 unspecified atom stereocenters. The maximum Gasteiger partial charge on any atom is 0.327 e. The number of carbonyl (C=O) groups excluding carboxylic acids is 3. The number of hydrogen-bond acceptors (Lipinski definition) is 9. The van der Waals surface area contributed by atoms with E-state index in [-0.39, 0.29) is 37.9 Å². The summed E-state index contributed by atoms with van der Waals surface area (Å²) in [6.45, 7) is 4.95. The summed E-state index contributed by atoms with van der Waals surface area (Å²) in [6.07, 6.45) is 6.37. The normalized spacial score (nSPS) is 32.8. The molecule has 1 aromatic carbocycles. The van der Waals surface area contributed by atoms with E-state index in [9.17, 15) is 14.7 Å². The van der Waals surface area contributed by atoms with Crippen LogP contribution in [0.25, 0.3) is 0 Å². The van der Waals surface area contributed by atoms with Crippen molar-refractivity contribution in [1.82, 2.24) is 15.3 Å².